The molecule has 238 valence electrons. The van der Waals surface area contributed by atoms with Crippen LogP contribution in [-0.2, 0) is 19.1 Å². The first-order valence-electron chi connectivity index (χ1n) is 14.4. The van der Waals surface area contributed by atoms with Gasteiger partial charge >= 0.3 is 12.3 Å². The van der Waals surface area contributed by atoms with Gasteiger partial charge in [-0.2, -0.15) is 13.2 Å². The van der Waals surface area contributed by atoms with Gasteiger partial charge in [-0.25, -0.2) is 14.2 Å². The number of anilines is 2. The summed E-state index contributed by atoms with van der Waals surface area (Å²) in [6.07, 6.45) is -2.33. The summed E-state index contributed by atoms with van der Waals surface area (Å²) in [5.74, 6) is -4.68. The molecule has 2 saturated heterocycles. The van der Waals surface area contributed by atoms with Crippen LogP contribution < -0.4 is 10.2 Å². The van der Waals surface area contributed by atoms with Crippen LogP contribution >= 0.6 is 0 Å². The molecule has 1 unspecified atom stereocenters. The molecule has 1 N–H and O–H groups in total. The number of nitrogens with one attached hydrogen (secondary N) is 1. The zero-order valence-electron chi connectivity index (χ0n) is 24.9. The Bertz CT molecular complexity index is 1430. The predicted molar refractivity (Wildman–Crippen MR) is 155 cm³/mol. The molecule has 14 heteroatoms. The number of carbonyl (C=O) groups excluding carboxylic acids is 3. The highest BCUT2D eigenvalue weighted by molar-refractivity contribution is 6.11. The van der Waals surface area contributed by atoms with Crippen molar-refractivity contribution in [1.29, 1.82) is 0 Å². The molecule has 4 heterocycles. The van der Waals surface area contributed by atoms with Gasteiger partial charge in [0, 0.05) is 56.1 Å². The molecular formula is C30H35F4N5O5. The Morgan fingerprint density at radius 2 is 1.84 bits per heavy atom. The van der Waals surface area contributed by atoms with Gasteiger partial charge in [-0.15, -0.1) is 0 Å². The van der Waals surface area contributed by atoms with Crippen molar-refractivity contribution in [2.45, 2.75) is 51.1 Å². The van der Waals surface area contributed by atoms with Gasteiger partial charge in [0.2, 0.25) is 5.91 Å². The highest BCUT2D eigenvalue weighted by Gasteiger charge is 2.43. The molecule has 2 fully saturated rings. The number of nitrogens with zero attached hydrogens (tertiary/aromatic N) is 4. The smallest absolute Gasteiger partial charge is 0.414 e. The monoisotopic (exact) mass is 621 g/mol. The van der Waals surface area contributed by atoms with Gasteiger partial charge in [0.15, 0.2) is 5.60 Å². The van der Waals surface area contributed by atoms with E-state index >= 15 is 4.39 Å². The molecule has 3 atom stereocenters. The van der Waals surface area contributed by atoms with Crippen LogP contribution in [-0.4, -0.2) is 104 Å². The first-order chi connectivity index (χ1) is 20.6. The number of ether oxygens (including phenoxy) is 2. The Morgan fingerprint density at radius 1 is 1.16 bits per heavy atom. The van der Waals surface area contributed by atoms with E-state index in [0.717, 1.165) is 0 Å². The standard InChI is InChI=1S/C30H35F4N5O5/c1-17-12-39(13-18(2)37(17)4)25-10-23(31)20(19-6-5-7-38(14-19)28(42)44-29(3)15-43-16-29)8-24(25)36-27(41)21-11-35-26(40)9-22(21)30(32,33)34/h6,8-11,17-18,21H,5,7,12-16H2,1-4H3,(H,36,41)/t17-,18+,21?. The summed E-state index contributed by atoms with van der Waals surface area (Å²) in [5, 5.41) is 2.57. The second-order valence-electron chi connectivity index (χ2n) is 12.0. The largest absolute Gasteiger partial charge is 0.438 e. The summed E-state index contributed by atoms with van der Waals surface area (Å²) in [6.45, 7) is 7.64. The fraction of sp³-hybridized carbons (Fsp3) is 0.533. The van der Waals surface area contributed by atoms with Crippen molar-refractivity contribution >= 4 is 41.1 Å². The second-order valence-corrected chi connectivity index (χ2v) is 12.0. The highest BCUT2D eigenvalue weighted by Crippen LogP contribution is 2.38. The van der Waals surface area contributed by atoms with Crippen molar-refractivity contribution in [1.82, 2.24) is 9.80 Å². The molecule has 0 saturated carbocycles. The van der Waals surface area contributed by atoms with Crippen molar-refractivity contribution in [3.05, 3.63) is 41.2 Å². The molecule has 3 amide bonds. The normalized spacial score (nSPS) is 25.6. The number of hydrogen-bond donors (Lipinski definition) is 1. The number of piperazine rings is 1. The van der Waals surface area contributed by atoms with Crippen LogP contribution in [0.5, 0.6) is 0 Å². The topological polar surface area (TPSA) is 104 Å². The number of halogens is 4. The van der Waals surface area contributed by atoms with Crippen molar-refractivity contribution in [3.63, 3.8) is 0 Å². The summed E-state index contributed by atoms with van der Waals surface area (Å²) < 4.78 is 67.9. The summed E-state index contributed by atoms with van der Waals surface area (Å²) >= 11 is 0. The van der Waals surface area contributed by atoms with Crippen molar-refractivity contribution in [2.24, 2.45) is 10.9 Å². The third-order valence-corrected chi connectivity index (χ3v) is 8.52. The Kier molecular flexibility index (Phi) is 8.60. The maximum absolute atomic E-state index is 15.9. The molecule has 1 aromatic carbocycles. The molecule has 1 aromatic rings. The number of dihydropyridines is 1. The first-order valence-corrected chi connectivity index (χ1v) is 14.4. The molecule has 44 heavy (non-hydrogen) atoms. The minimum Gasteiger partial charge on any atom is -0.438 e. The van der Waals surface area contributed by atoms with E-state index in [2.05, 4.69) is 15.2 Å². The first kappa shape index (κ1) is 31.6. The number of carbonyl (C=O) groups is 3. The molecule has 0 radical (unpaired) electrons. The van der Waals surface area contributed by atoms with Gasteiger partial charge in [-0.1, -0.05) is 6.08 Å². The number of aliphatic imine (C=N–C) groups is 1. The Hall–Kier alpha value is -3.78. The van der Waals surface area contributed by atoms with E-state index in [0.29, 0.717) is 49.6 Å². The van der Waals surface area contributed by atoms with Gasteiger partial charge < -0.3 is 24.6 Å². The molecule has 5 rings (SSSR count). The van der Waals surface area contributed by atoms with E-state index in [4.69, 9.17) is 9.47 Å². The molecule has 10 nitrogen and oxygen atoms in total. The van der Waals surface area contributed by atoms with Crippen LogP contribution in [0.15, 0.2) is 34.9 Å². The second kappa shape index (κ2) is 12.0. The Morgan fingerprint density at radius 3 is 2.45 bits per heavy atom. The number of likely N-dealkylation sites (N-methyl/N-ethyl adjacent to an activating group) is 1. The van der Waals surface area contributed by atoms with Gasteiger partial charge in [0.1, 0.15) is 11.7 Å². The predicted octanol–water partition coefficient (Wildman–Crippen LogP) is 4.02. The molecule has 0 aromatic heterocycles. The summed E-state index contributed by atoms with van der Waals surface area (Å²) in [5.41, 5.74) is -1.11. The number of alkyl halides is 3. The van der Waals surface area contributed by atoms with E-state index in [1.165, 1.54) is 17.0 Å². The Labute approximate surface area is 252 Å². The quantitative estimate of drug-likeness (QED) is 0.496. The summed E-state index contributed by atoms with van der Waals surface area (Å²) in [7, 11) is 1.97. The number of benzene rings is 1. The van der Waals surface area contributed by atoms with Crippen LogP contribution in [0.4, 0.5) is 33.7 Å². The van der Waals surface area contributed by atoms with E-state index in [9.17, 15) is 27.6 Å². The lowest BCUT2D eigenvalue weighted by Crippen LogP contribution is -2.55. The van der Waals surface area contributed by atoms with Crippen LogP contribution in [0.25, 0.3) is 5.57 Å². The fourth-order valence-electron chi connectivity index (χ4n) is 5.76. The molecule has 0 aliphatic carbocycles. The number of amides is 3. The number of hydrogen-bond acceptors (Lipinski definition) is 7. The lowest BCUT2D eigenvalue weighted by Gasteiger charge is -2.44. The van der Waals surface area contributed by atoms with E-state index in [1.807, 2.05) is 25.8 Å². The zero-order chi connectivity index (χ0) is 32.0. The van der Waals surface area contributed by atoms with Crippen molar-refractivity contribution < 1.29 is 41.4 Å². The fourth-order valence-corrected chi connectivity index (χ4v) is 5.76. The molecule has 0 bridgehead atoms. The van der Waals surface area contributed by atoms with Crippen LogP contribution in [0.2, 0.25) is 0 Å². The SMILES string of the molecule is C[C@@H]1CN(c2cc(F)c(C3=CCCN(C(=O)OC4(C)COC4)C3)cc2NC(=O)C2C=NC(=O)C=C2C(F)(F)F)C[C@H](C)N1C. The molecule has 4 aliphatic rings. The van der Waals surface area contributed by atoms with E-state index < -0.39 is 47.0 Å². The summed E-state index contributed by atoms with van der Waals surface area (Å²) in [6, 6.07) is 2.77. The maximum atomic E-state index is 15.9. The molecular weight excluding hydrogens is 586 g/mol. The van der Waals surface area contributed by atoms with Gasteiger partial charge in [0.05, 0.1) is 30.2 Å². The minimum atomic E-state index is -4.95. The third kappa shape index (κ3) is 6.50. The maximum Gasteiger partial charge on any atom is 0.414 e. The number of rotatable bonds is 5. The highest BCUT2D eigenvalue weighted by atomic mass is 19.4. The average molecular weight is 622 g/mol. The average Bonchev–Trinajstić information content (AvgIpc) is 2.95. The minimum absolute atomic E-state index is 0.0281. The molecule has 0 spiro atoms. The van der Waals surface area contributed by atoms with Crippen LogP contribution in [0.3, 0.4) is 0 Å². The van der Waals surface area contributed by atoms with Gasteiger partial charge in [-0.3, -0.25) is 14.5 Å². The summed E-state index contributed by atoms with van der Waals surface area (Å²) in [4.78, 5) is 46.7. The lowest BCUT2D eigenvalue weighted by molar-refractivity contribution is -0.171. The van der Waals surface area contributed by atoms with E-state index in [1.54, 1.807) is 13.0 Å². The van der Waals surface area contributed by atoms with Crippen LogP contribution in [0, 0.1) is 11.7 Å². The molecule has 4 aliphatic heterocycles. The zero-order valence-corrected chi connectivity index (χ0v) is 24.9. The van der Waals surface area contributed by atoms with Crippen molar-refractivity contribution in [3.8, 4) is 0 Å². The van der Waals surface area contributed by atoms with Crippen molar-refractivity contribution in [2.75, 3.05) is 56.7 Å². The lowest BCUT2D eigenvalue weighted by atomic mass is 9.95. The van der Waals surface area contributed by atoms with E-state index in [-0.39, 0.29) is 43.1 Å². The third-order valence-electron chi connectivity index (χ3n) is 8.52. The van der Waals surface area contributed by atoms with Gasteiger partial charge in [0.25, 0.3) is 5.91 Å². The van der Waals surface area contributed by atoms with Gasteiger partial charge in [-0.05, 0) is 51.9 Å². The Balaban J connectivity index is 1.47. The van der Waals surface area contributed by atoms with Crippen LogP contribution in [0.1, 0.15) is 32.8 Å².